The first-order chi connectivity index (χ1) is 11.0. The van der Waals surface area contributed by atoms with Crippen LogP contribution < -0.4 is 0 Å². The monoisotopic (exact) mass is 337 g/mol. The lowest BCUT2D eigenvalue weighted by Gasteiger charge is -2.36. The summed E-state index contributed by atoms with van der Waals surface area (Å²) in [7, 11) is 2.21. The summed E-state index contributed by atoms with van der Waals surface area (Å²) in [6.07, 6.45) is 4.66. The number of rotatable bonds is 6. The summed E-state index contributed by atoms with van der Waals surface area (Å²) in [6, 6.07) is 7.72. The van der Waals surface area contributed by atoms with E-state index in [4.69, 9.17) is 4.74 Å². The fourth-order valence-electron chi connectivity index (χ4n) is 3.26. The number of hydrogen-bond acceptors (Lipinski definition) is 3. The van der Waals surface area contributed by atoms with Gasteiger partial charge in [-0.25, -0.2) is 0 Å². The van der Waals surface area contributed by atoms with E-state index < -0.39 is 10.8 Å². The molecule has 0 N–H and O–H groups in total. The SMILES string of the molecule is COCc1ccc([S@@](=O)CC(=O)N(C)[C@H]2CCCC[C@@H]2C)cc1. The zero-order valence-corrected chi connectivity index (χ0v) is 15.1. The van der Waals surface area contributed by atoms with Crippen LogP contribution in [0.2, 0.25) is 0 Å². The molecule has 5 heteroatoms. The highest BCUT2D eigenvalue weighted by Gasteiger charge is 2.28. The van der Waals surface area contributed by atoms with E-state index in [9.17, 15) is 9.00 Å². The minimum atomic E-state index is -1.29. The van der Waals surface area contributed by atoms with Crippen molar-refractivity contribution in [1.82, 2.24) is 4.90 Å². The molecule has 0 unspecified atom stereocenters. The maximum absolute atomic E-state index is 12.5. The highest BCUT2D eigenvalue weighted by molar-refractivity contribution is 7.85. The molecule has 0 aliphatic heterocycles. The van der Waals surface area contributed by atoms with E-state index in [0.29, 0.717) is 17.4 Å². The molecule has 1 amide bonds. The molecular formula is C18H27NO3S. The molecule has 1 aliphatic carbocycles. The van der Waals surface area contributed by atoms with Gasteiger partial charge in [0.2, 0.25) is 5.91 Å². The summed E-state index contributed by atoms with van der Waals surface area (Å²) in [5, 5.41) is 0. The Bertz CT molecular complexity index is 544. The molecule has 2 rings (SSSR count). The lowest BCUT2D eigenvalue weighted by atomic mass is 9.85. The summed E-state index contributed by atoms with van der Waals surface area (Å²) < 4.78 is 17.5. The molecule has 1 fully saturated rings. The van der Waals surface area contributed by atoms with Crippen LogP contribution in [0, 0.1) is 5.92 Å². The quantitative estimate of drug-likeness (QED) is 0.802. The second-order valence-corrected chi connectivity index (χ2v) is 7.85. The smallest absolute Gasteiger partial charge is 0.235 e. The van der Waals surface area contributed by atoms with Gasteiger partial charge >= 0.3 is 0 Å². The second kappa shape index (κ2) is 8.60. The van der Waals surface area contributed by atoms with Gasteiger partial charge in [0.25, 0.3) is 0 Å². The van der Waals surface area contributed by atoms with E-state index in [1.165, 1.54) is 19.3 Å². The Labute approximate surface area is 141 Å². The van der Waals surface area contributed by atoms with Crippen LogP contribution in [0.25, 0.3) is 0 Å². The summed E-state index contributed by atoms with van der Waals surface area (Å²) in [5.41, 5.74) is 1.03. The number of carbonyl (C=O) groups is 1. The Morgan fingerprint density at radius 3 is 2.52 bits per heavy atom. The Morgan fingerprint density at radius 1 is 1.26 bits per heavy atom. The van der Waals surface area contributed by atoms with Gasteiger partial charge in [-0.15, -0.1) is 0 Å². The van der Waals surface area contributed by atoms with Crippen LogP contribution in [-0.2, 0) is 26.9 Å². The van der Waals surface area contributed by atoms with E-state index >= 15 is 0 Å². The third-order valence-corrected chi connectivity index (χ3v) is 6.02. The second-order valence-electron chi connectivity index (χ2n) is 6.40. The third-order valence-electron chi connectivity index (χ3n) is 4.71. The van der Waals surface area contributed by atoms with Crippen LogP contribution in [0.5, 0.6) is 0 Å². The van der Waals surface area contributed by atoms with Crippen molar-refractivity contribution in [2.75, 3.05) is 19.9 Å². The van der Waals surface area contributed by atoms with Crippen LogP contribution in [0.3, 0.4) is 0 Å². The van der Waals surface area contributed by atoms with Gasteiger partial charge in [-0.3, -0.25) is 9.00 Å². The number of amides is 1. The molecule has 128 valence electrons. The Morgan fingerprint density at radius 2 is 1.91 bits per heavy atom. The van der Waals surface area contributed by atoms with Crippen molar-refractivity contribution in [3.05, 3.63) is 29.8 Å². The maximum atomic E-state index is 12.5. The first-order valence-corrected chi connectivity index (χ1v) is 9.56. The van der Waals surface area contributed by atoms with Crippen molar-refractivity contribution in [2.45, 2.75) is 50.2 Å². The van der Waals surface area contributed by atoms with Crippen LogP contribution >= 0.6 is 0 Å². The van der Waals surface area contributed by atoms with Crippen LogP contribution in [-0.4, -0.2) is 41.0 Å². The van der Waals surface area contributed by atoms with E-state index in [1.807, 2.05) is 36.2 Å². The molecule has 0 spiro atoms. The van der Waals surface area contributed by atoms with Gasteiger partial charge in [0.1, 0.15) is 5.75 Å². The largest absolute Gasteiger partial charge is 0.380 e. The summed E-state index contributed by atoms with van der Waals surface area (Å²) in [6.45, 7) is 2.74. The van der Waals surface area contributed by atoms with Crippen molar-refractivity contribution in [3.63, 3.8) is 0 Å². The van der Waals surface area contributed by atoms with Crippen LogP contribution in [0.15, 0.2) is 29.2 Å². The molecule has 0 saturated heterocycles. The molecule has 1 saturated carbocycles. The van der Waals surface area contributed by atoms with Gasteiger partial charge in [0, 0.05) is 25.1 Å². The van der Waals surface area contributed by atoms with Crippen molar-refractivity contribution in [2.24, 2.45) is 5.92 Å². The lowest BCUT2D eigenvalue weighted by molar-refractivity contribution is -0.130. The van der Waals surface area contributed by atoms with E-state index in [0.717, 1.165) is 12.0 Å². The molecular weight excluding hydrogens is 310 g/mol. The van der Waals surface area contributed by atoms with Gasteiger partial charge in [-0.1, -0.05) is 31.9 Å². The number of hydrogen-bond donors (Lipinski definition) is 0. The Hall–Kier alpha value is -1.20. The summed E-state index contributed by atoms with van der Waals surface area (Å²) in [5.74, 6) is 0.561. The van der Waals surface area contributed by atoms with Crippen LogP contribution in [0.1, 0.15) is 38.2 Å². The fourth-order valence-corrected chi connectivity index (χ4v) is 4.29. The van der Waals surface area contributed by atoms with Crippen molar-refractivity contribution in [1.29, 1.82) is 0 Å². The van der Waals surface area contributed by atoms with Gasteiger partial charge in [-0.2, -0.15) is 0 Å². The Balaban J connectivity index is 1.94. The van der Waals surface area contributed by atoms with Crippen molar-refractivity contribution >= 4 is 16.7 Å². The molecule has 0 aromatic heterocycles. The maximum Gasteiger partial charge on any atom is 0.235 e. The molecule has 1 aromatic rings. The molecule has 0 heterocycles. The minimum absolute atomic E-state index is 0.0250. The molecule has 4 nitrogen and oxygen atoms in total. The predicted octanol–water partition coefficient (Wildman–Crippen LogP) is 2.98. The average molecular weight is 337 g/mol. The summed E-state index contributed by atoms with van der Waals surface area (Å²) >= 11 is 0. The first kappa shape index (κ1) is 18.1. The third kappa shape index (κ3) is 4.88. The molecule has 3 atom stereocenters. The topological polar surface area (TPSA) is 46.6 Å². The van der Waals surface area contributed by atoms with Crippen molar-refractivity contribution in [3.8, 4) is 0 Å². The van der Waals surface area contributed by atoms with E-state index in [2.05, 4.69) is 6.92 Å². The van der Waals surface area contributed by atoms with Gasteiger partial charge in [0.05, 0.1) is 17.4 Å². The van der Waals surface area contributed by atoms with E-state index in [1.54, 1.807) is 7.11 Å². The molecule has 0 bridgehead atoms. The highest BCUT2D eigenvalue weighted by atomic mass is 32.2. The number of nitrogens with zero attached hydrogens (tertiary/aromatic N) is 1. The average Bonchev–Trinajstić information content (AvgIpc) is 2.55. The van der Waals surface area contributed by atoms with Crippen molar-refractivity contribution < 1.29 is 13.7 Å². The normalized spacial score (nSPS) is 22.6. The number of carbonyl (C=O) groups excluding carboxylic acids is 1. The molecule has 1 aromatic carbocycles. The standard InChI is InChI=1S/C18H27NO3S/c1-14-6-4-5-7-17(14)19(2)18(20)13-23(21)16-10-8-15(9-11-16)12-22-3/h8-11,14,17H,4-7,12-13H2,1-3H3/t14-,17-,23-/m0/s1. The highest BCUT2D eigenvalue weighted by Crippen LogP contribution is 2.27. The van der Waals surface area contributed by atoms with Gasteiger partial charge in [-0.05, 0) is 36.5 Å². The Kier molecular flexibility index (Phi) is 6.78. The number of methoxy groups -OCH3 is 1. The van der Waals surface area contributed by atoms with Gasteiger partial charge < -0.3 is 9.64 Å². The number of ether oxygens (including phenoxy) is 1. The minimum Gasteiger partial charge on any atom is -0.380 e. The van der Waals surface area contributed by atoms with E-state index in [-0.39, 0.29) is 17.7 Å². The zero-order valence-electron chi connectivity index (χ0n) is 14.3. The van der Waals surface area contributed by atoms with Gasteiger partial charge in [0.15, 0.2) is 0 Å². The molecule has 1 aliphatic rings. The predicted molar refractivity (Wildman–Crippen MR) is 92.6 cm³/mol. The lowest BCUT2D eigenvalue weighted by Crippen LogP contribution is -2.44. The summed E-state index contributed by atoms with van der Waals surface area (Å²) in [4.78, 5) is 15.0. The molecule has 0 radical (unpaired) electrons. The fraction of sp³-hybridized carbons (Fsp3) is 0.611. The number of benzene rings is 1. The van der Waals surface area contributed by atoms with Crippen LogP contribution in [0.4, 0.5) is 0 Å². The molecule has 23 heavy (non-hydrogen) atoms. The first-order valence-electron chi connectivity index (χ1n) is 8.25. The zero-order chi connectivity index (χ0) is 16.8.